The summed E-state index contributed by atoms with van der Waals surface area (Å²) in [7, 11) is 0. The molecule has 1 aliphatic rings. The monoisotopic (exact) mass is 429 g/mol. The number of benzene rings is 1. The number of rotatable bonds is 7. The van der Waals surface area contributed by atoms with Crippen LogP contribution in [-0.4, -0.2) is 52.9 Å². The standard InChI is InChI=1S/C23H31N3O3S/c1-5-25(6-2)22(27)18-11-13-26(14-12-18)23(28)19-9-7-8-10-21(19)30-15-20-16(3)24-29-17(20)4/h7-10,18H,5-6,11-15H2,1-4H3. The molecule has 0 unspecified atom stereocenters. The van der Waals surface area contributed by atoms with E-state index in [1.807, 2.05) is 61.8 Å². The molecule has 1 aromatic heterocycles. The molecule has 0 aliphatic carbocycles. The Labute approximate surface area is 183 Å². The fraction of sp³-hybridized carbons (Fsp3) is 0.522. The molecule has 0 radical (unpaired) electrons. The average Bonchev–Trinajstić information content (AvgIpc) is 3.10. The Kier molecular flexibility index (Phi) is 7.58. The summed E-state index contributed by atoms with van der Waals surface area (Å²) in [4.78, 5) is 30.6. The van der Waals surface area contributed by atoms with Gasteiger partial charge in [-0.3, -0.25) is 9.59 Å². The second-order valence-electron chi connectivity index (χ2n) is 7.66. The summed E-state index contributed by atoms with van der Waals surface area (Å²) in [5.41, 5.74) is 2.70. The Morgan fingerprint density at radius 1 is 1.17 bits per heavy atom. The normalized spacial score (nSPS) is 14.7. The van der Waals surface area contributed by atoms with E-state index < -0.39 is 0 Å². The number of hydrogen-bond acceptors (Lipinski definition) is 5. The van der Waals surface area contributed by atoms with Crippen molar-refractivity contribution in [3.63, 3.8) is 0 Å². The molecule has 1 fully saturated rings. The lowest BCUT2D eigenvalue weighted by molar-refractivity contribution is -0.136. The van der Waals surface area contributed by atoms with Gasteiger partial charge < -0.3 is 14.3 Å². The van der Waals surface area contributed by atoms with Gasteiger partial charge in [-0.15, -0.1) is 11.8 Å². The topological polar surface area (TPSA) is 66.7 Å². The minimum Gasteiger partial charge on any atom is -0.361 e. The zero-order valence-electron chi connectivity index (χ0n) is 18.3. The van der Waals surface area contributed by atoms with Crippen LogP contribution in [-0.2, 0) is 10.5 Å². The number of nitrogens with zero attached hydrogens (tertiary/aromatic N) is 3. The van der Waals surface area contributed by atoms with Crippen molar-refractivity contribution in [2.24, 2.45) is 5.92 Å². The number of amides is 2. The Morgan fingerprint density at radius 3 is 2.43 bits per heavy atom. The van der Waals surface area contributed by atoms with Crippen LogP contribution in [0.1, 0.15) is 54.1 Å². The molecule has 1 aliphatic heterocycles. The lowest BCUT2D eigenvalue weighted by atomic mass is 9.94. The number of aryl methyl sites for hydroxylation is 2. The minimum atomic E-state index is 0.0260. The third kappa shape index (κ3) is 4.89. The van der Waals surface area contributed by atoms with Gasteiger partial charge in [0.2, 0.25) is 5.91 Å². The molecular formula is C23H31N3O3S. The number of aromatic nitrogens is 1. The molecule has 0 atom stereocenters. The summed E-state index contributed by atoms with van der Waals surface area (Å²) in [6.45, 7) is 10.6. The highest BCUT2D eigenvalue weighted by molar-refractivity contribution is 7.98. The third-order valence-corrected chi connectivity index (χ3v) is 6.98. The first-order valence-electron chi connectivity index (χ1n) is 10.7. The van der Waals surface area contributed by atoms with Gasteiger partial charge >= 0.3 is 0 Å². The van der Waals surface area contributed by atoms with Crippen molar-refractivity contribution in [1.29, 1.82) is 0 Å². The van der Waals surface area contributed by atoms with Gasteiger partial charge in [0.15, 0.2) is 0 Å². The zero-order valence-corrected chi connectivity index (χ0v) is 19.1. The predicted octanol–water partition coefficient (Wildman–Crippen LogP) is 4.30. The quantitative estimate of drug-likeness (QED) is 0.614. The molecule has 0 N–H and O–H groups in total. The van der Waals surface area contributed by atoms with Crippen LogP contribution in [0.3, 0.4) is 0 Å². The number of likely N-dealkylation sites (tertiary alicyclic amines) is 1. The molecule has 1 saturated heterocycles. The number of hydrogen-bond donors (Lipinski definition) is 0. The molecule has 2 amide bonds. The van der Waals surface area contributed by atoms with Gasteiger partial charge in [0, 0.05) is 48.3 Å². The fourth-order valence-corrected chi connectivity index (χ4v) is 5.12. The SMILES string of the molecule is CCN(CC)C(=O)C1CCN(C(=O)c2ccccc2SCc2c(C)noc2C)CC1. The van der Waals surface area contributed by atoms with Crippen LogP contribution in [0, 0.1) is 19.8 Å². The third-order valence-electron chi connectivity index (χ3n) is 5.88. The highest BCUT2D eigenvalue weighted by Gasteiger charge is 2.30. The van der Waals surface area contributed by atoms with Gasteiger partial charge in [0.1, 0.15) is 5.76 Å². The van der Waals surface area contributed by atoms with E-state index in [4.69, 9.17) is 4.52 Å². The summed E-state index contributed by atoms with van der Waals surface area (Å²) in [6, 6.07) is 7.75. The Hall–Kier alpha value is -2.28. The second-order valence-corrected chi connectivity index (χ2v) is 8.68. The number of thioether (sulfide) groups is 1. The lowest BCUT2D eigenvalue weighted by Crippen LogP contribution is -2.44. The average molecular weight is 430 g/mol. The number of carbonyl (C=O) groups excluding carboxylic acids is 2. The molecule has 0 spiro atoms. The fourth-order valence-electron chi connectivity index (χ4n) is 3.92. The summed E-state index contributed by atoms with van der Waals surface area (Å²) in [5.74, 6) is 1.83. The summed E-state index contributed by atoms with van der Waals surface area (Å²) < 4.78 is 5.25. The van der Waals surface area contributed by atoms with Crippen molar-refractivity contribution >= 4 is 23.6 Å². The predicted molar refractivity (Wildman–Crippen MR) is 119 cm³/mol. The first-order valence-corrected chi connectivity index (χ1v) is 11.7. The van der Waals surface area contributed by atoms with Gasteiger partial charge in [-0.1, -0.05) is 17.3 Å². The molecule has 162 valence electrons. The maximum Gasteiger partial charge on any atom is 0.254 e. The van der Waals surface area contributed by atoms with Crippen LogP contribution in [0.2, 0.25) is 0 Å². The van der Waals surface area contributed by atoms with Crippen LogP contribution in [0.15, 0.2) is 33.7 Å². The molecule has 1 aromatic carbocycles. The summed E-state index contributed by atoms with van der Waals surface area (Å²) in [6.07, 6.45) is 1.46. The van der Waals surface area contributed by atoms with Crippen LogP contribution in [0.4, 0.5) is 0 Å². The molecule has 0 bridgehead atoms. The van der Waals surface area contributed by atoms with Crippen LogP contribution in [0.5, 0.6) is 0 Å². The number of piperidine rings is 1. The van der Waals surface area contributed by atoms with Crippen molar-refractivity contribution in [3.8, 4) is 0 Å². The van der Waals surface area contributed by atoms with E-state index in [0.717, 1.165) is 53.4 Å². The Bertz CT molecular complexity index is 864. The van der Waals surface area contributed by atoms with E-state index in [1.54, 1.807) is 11.8 Å². The minimum absolute atomic E-state index is 0.0260. The van der Waals surface area contributed by atoms with E-state index >= 15 is 0 Å². The number of carbonyl (C=O) groups is 2. The first kappa shape index (κ1) is 22.4. The second kappa shape index (κ2) is 10.2. The van der Waals surface area contributed by atoms with Gasteiger partial charge in [-0.25, -0.2) is 0 Å². The summed E-state index contributed by atoms with van der Waals surface area (Å²) >= 11 is 1.63. The highest BCUT2D eigenvalue weighted by Crippen LogP contribution is 2.30. The van der Waals surface area contributed by atoms with Crippen LogP contribution >= 0.6 is 11.8 Å². The smallest absolute Gasteiger partial charge is 0.254 e. The first-order chi connectivity index (χ1) is 14.5. The Balaban J connectivity index is 1.64. The molecular weight excluding hydrogens is 398 g/mol. The van der Waals surface area contributed by atoms with Crippen molar-refractivity contribution in [2.45, 2.75) is 51.2 Å². The molecule has 6 nitrogen and oxygen atoms in total. The molecule has 3 rings (SSSR count). The van der Waals surface area contributed by atoms with Crippen molar-refractivity contribution in [2.75, 3.05) is 26.2 Å². The lowest BCUT2D eigenvalue weighted by Gasteiger charge is -2.34. The maximum atomic E-state index is 13.2. The molecule has 30 heavy (non-hydrogen) atoms. The maximum absolute atomic E-state index is 13.2. The van der Waals surface area contributed by atoms with E-state index in [2.05, 4.69) is 5.16 Å². The Morgan fingerprint density at radius 2 is 1.83 bits per heavy atom. The largest absolute Gasteiger partial charge is 0.361 e. The highest BCUT2D eigenvalue weighted by atomic mass is 32.2. The zero-order chi connectivity index (χ0) is 21.7. The van der Waals surface area contributed by atoms with E-state index in [9.17, 15) is 9.59 Å². The van der Waals surface area contributed by atoms with E-state index in [1.165, 1.54) is 0 Å². The molecule has 2 aromatic rings. The molecule has 7 heteroatoms. The van der Waals surface area contributed by atoms with Crippen molar-refractivity contribution < 1.29 is 14.1 Å². The van der Waals surface area contributed by atoms with Crippen LogP contribution < -0.4 is 0 Å². The van der Waals surface area contributed by atoms with E-state index in [-0.39, 0.29) is 17.7 Å². The van der Waals surface area contributed by atoms with Crippen molar-refractivity contribution in [3.05, 3.63) is 46.8 Å². The van der Waals surface area contributed by atoms with Gasteiger partial charge in [-0.05, 0) is 52.7 Å². The van der Waals surface area contributed by atoms with Crippen LogP contribution in [0.25, 0.3) is 0 Å². The van der Waals surface area contributed by atoms with E-state index in [0.29, 0.717) is 18.8 Å². The van der Waals surface area contributed by atoms with Gasteiger partial charge in [-0.2, -0.15) is 0 Å². The van der Waals surface area contributed by atoms with Crippen molar-refractivity contribution in [1.82, 2.24) is 15.0 Å². The molecule has 2 heterocycles. The van der Waals surface area contributed by atoms with Gasteiger partial charge in [0.05, 0.1) is 11.3 Å². The van der Waals surface area contributed by atoms with Gasteiger partial charge in [0.25, 0.3) is 5.91 Å². The summed E-state index contributed by atoms with van der Waals surface area (Å²) in [5, 5.41) is 4.01. The molecule has 0 saturated carbocycles.